The average molecular weight is 203 g/mol. The Morgan fingerprint density at radius 2 is 1.46 bits per heavy atom. The molecule has 0 aromatic carbocycles. The minimum atomic E-state index is -3.15. The Labute approximate surface area is 80.8 Å². The van der Waals surface area contributed by atoms with Crippen molar-refractivity contribution in [1.82, 2.24) is 4.31 Å². The lowest BCUT2D eigenvalue weighted by Gasteiger charge is -2.11. The van der Waals surface area contributed by atoms with Crippen LogP contribution in [0.15, 0.2) is 24.6 Å². The van der Waals surface area contributed by atoms with E-state index in [2.05, 4.69) is 0 Å². The Morgan fingerprint density at radius 3 is 1.69 bits per heavy atom. The van der Waals surface area contributed by atoms with E-state index in [4.69, 9.17) is 0 Å². The van der Waals surface area contributed by atoms with E-state index >= 15 is 0 Å². The molecule has 0 aliphatic carbocycles. The van der Waals surface area contributed by atoms with Gasteiger partial charge in [-0.15, -0.1) is 0 Å². The van der Waals surface area contributed by atoms with Crippen molar-refractivity contribution in [3.8, 4) is 0 Å². The molecule has 0 bridgehead atoms. The molecule has 0 saturated carbocycles. The highest BCUT2D eigenvalue weighted by Gasteiger charge is 2.06. The second kappa shape index (κ2) is 5.80. The maximum Gasteiger partial charge on any atom is 0.235 e. The van der Waals surface area contributed by atoms with Crippen molar-refractivity contribution in [3.05, 3.63) is 24.6 Å². The summed E-state index contributed by atoms with van der Waals surface area (Å²) in [6.45, 7) is 3.92. The van der Waals surface area contributed by atoms with Crippen molar-refractivity contribution in [2.45, 2.75) is 26.7 Å². The standard InChI is InChI=1S/C9H17NO2S/c1-4-6-8-10(9-7-5-2)13(3,11)12/h6-9H,4-5H2,1-3H3/b8-6+,9-7+. The van der Waals surface area contributed by atoms with E-state index in [1.54, 1.807) is 24.6 Å². The van der Waals surface area contributed by atoms with Gasteiger partial charge in [0.1, 0.15) is 0 Å². The third-order valence-electron chi connectivity index (χ3n) is 1.36. The van der Waals surface area contributed by atoms with Gasteiger partial charge < -0.3 is 0 Å². The van der Waals surface area contributed by atoms with Crippen LogP contribution >= 0.6 is 0 Å². The highest BCUT2D eigenvalue weighted by atomic mass is 32.2. The first-order valence-corrected chi connectivity index (χ1v) is 6.19. The fourth-order valence-electron chi connectivity index (χ4n) is 0.689. The molecule has 0 saturated heterocycles. The van der Waals surface area contributed by atoms with Crippen LogP contribution in [0.3, 0.4) is 0 Å². The van der Waals surface area contributed by atoms with Crippen LogP contribution in [0.2, 0.25) is 0 Å². The molecular formula is C9H17NO2S. The number of rotatable bonds is 5. The molecule has 0 aromatic heterocycles. The Hall–Kier alpha value is -0.770. The van der Waals surface area contributed by atoms with Crippen LogP contribution in [0.4, 0.5) is 0 Å². The third kappa shape index (κ3) is 5.47. The summed E-state index contributed by atoms with van der Waals surface area (Å²) in [5, 5.41) is 0. The third-order valence-corrected chi connectivity index (χ3v) is 2.37. The van der Waals surface area contributed by atoms with Gasteiger partial charge in [-0.1, -0.05) is 26.0 Å². The zero-order valence-corrected chi connectivity index (χ0v) is 9.21. The van der Waals surface area contributed by atoms with Crippen LogP contribution in [0.5, 0.6) is 0 Å². The molecule has 0 radical (unpaired) electrons. The summed E-state index contributed by atoms with van der Waals surface area (Å²) in [6, 6.07) is 0. The molecule has 0 spiro atoms. The van der Waals surface area contributed by atoms with E-state index < -0.39 is 10.0 Å². The Morgan fingerprint density at radius 1 is 1.08 bits per heavy atom. The molecule has 76 valence electrons. The molecule has 0 aromatic rings. The summed E-state index contributed by atoms with van der Waals surface area (Å²) < 4.78 is 23.6. The summed E-state index contributed by atoms with van der Waals surface area (Å²) in [6.07, 6.45) is 9.59. The topological polar surface area (TPSA) is 37.4 Å². The van der Waals surface area contributed by atoms with Gasteiger partial charge in [-0.25, -0.2) is 8.42 Å². The van der Waals surface area contributed by atoms with E-state index in [1.807, 2.05) is 13.8 Å². The monoisotopic (exact) mass is 203 g/mol. The minimum Gasteiger partial charge on any atom is -0.254 e. The fraction of sp³-hybridized carbons (Fsp3) is 0.556. The van der Waals surface area contributed by atoms with Crippen LogP contribution in [-0.4, -0.2) is 19.0 Å². The molecule has 0 fully saturated rings. The SMILES string of the molecule is CC/C=C/N(/C=C/CC)S(C)(=O)=O. The first-order valence-electron chi connectivity index (χ1n) is 4.34. The zero-order chi connectivity index (χ0) is 10.3. The summed E-state index contributed by atoms with van der Waals surface area (Å²) >= 11 is 0. The normalized spacial score (nSPS) is 12.8. The number of nitrogens with zero attached hydrogens (tertiary/aromatic N) is 1. The molecule has 13 heavy (non-hydrogen) atoms. The maximum atomic E-state index is 11.2. The highest BCUT2D eigenvalue weighted by Crippen LogP contribution is 2.01. The molecule has 0 amide bonds. The molecule has 0 atom stereocenters. The lowest BCUT2D eigenvalue weighted by atomic mass is 10.4. The van der Waals surface area contributed by atoms with Gasteiger partial charge in [0.05, 0.1) is 6.26 Å². The maximum absolute atomic E-state index is 11.2. The molecule has 0 aliphatic heterocycles. The summed E-state index contributed by atoms with van der Waals surface area (Å²) in [7, 11) is -3.15. The zero-order valence-electron chi connectivity index (χ0n) is 8.40. The van der Waals surface area contributed by atoms with Crippen LogP contribution < -0.4 is 0 Å². The molecule has 0 aliphatic rings. The lowest BCUT2D eigenvalue weighted by Crippen LogP contribution is -2.18. The molecular weight excluding hydrogens is 186 g/mol. The average Bonchev–Trinajstić information content (AvgIpc) is 2.02. The second-order valence-electron chi connectivity index (χ2n) is 2.68. The molecule has 0 N–H and O–H groups in total. The fourth-order valence-corrected chi connectivity index (χ4v) is 1.30. The Kier molecular flexibility index (Phi) is 5.46. The van der Waals surface area contributed by atoms with Crippen molar-refractivity contribution < 1.29 is 8.42 Å². The number of sulfonamides is 1. The number of allylic oxidation sites excluding steroid dienone is 2. The van der Waals surface area contributed by atoms with Crippen LogP contribution in [0.1, 0.15) is 26.7 Å². The second-order valence-corrected chi connectivity index (χ2v) is 4.57. The summed E-state index contributed by atoms with van der Waals surface area (Å²) in [4.78, 5) is 0. The van der Waals surface area contributed by atoms with Gasteiger partial charge >= 0.3 is 0 Å². The highest BCUT2D eigenvalue weighted by molar-refractivity contribution is 7.88. The molecule has 3 nitrogen and oxygen atoms in total. The van der Waals surface area contributed by atoms with Gasteiger partial charge in [-0.05, 0) is 12.8 Å². The summed E-state index contributed by atoms with van der Waals surface area (Å²) in [5.41, 5.74) is 0. The van der Waals surface area contributed by atoms with Gasteiger partial charge in [-0.3, -0.25) is 4.31 Å². The van der Waals surface area contributed by atoms with E-state index in [0.717, 1.165) is 12.8 Å². The summed E-state index contributed by atoms with van der Waals surface area (Å²) in [5.74, 6) is 0. The van der Waals surface area contributed by atoms with Gasteiger partial charge in [-0.2, -0.15) is 0 Å². The minimum absolute atomic E-state index is 0.825. The van der Waals surface area contributed by atoms with Crippen LogP contribution in [-0.2, 0) is 10.0 Å². The predicted octanol–water partition coefficient (Wildman–Crippen LogP) is 2.10. The van der Waals surface area contributed by atoms with Gasteiger partial charge in [0.25, 0.3) is 0 Å². The van der Waals surface area contributed by atoms with E-state index in [0.29, 0.717) is 0 Å². The first kappa shape index (κ1) is 12.2. The predicted molar refractivity (Wildman–Crippen MR) is 55.5 cm³/mol. The quantitative estimate of drug-likeness (QED) is 0.686. The van der Waals surface area contributed by atoms with Gasteiger partial charge in [0, 0.05) is 12.4 Å². The van der Waals surface area contributed by atoms with E-state index in [9.17, 15) is 8.42 Å². The van der Waals surface area contributed by atoms with E-state index in [1.165, 1.54) is 10.6 Å². The van der Waals surface area contributed by atoms with Crippen molar-refractivity contribution >= 4 is 10.0 Å². The smallest absolute Gasteiger partial charge is 0.235 e. The van der Waals surface area contributed by atoms with E-state index in [-0.39, 0.29) is 0 Å². The van der Waals surface area contributed by atoms with Crippen molar-refractivity contribution in [1.29, 1.82) is 0 Å². The Balaban J connectivity index is 4.57. The largest absolute Gasteiger partial charge is 0.254 e. The Bertz CT molecular complexity index is 264. The first-order chi connectivity index (χ1) is 6.02. The lowest BCUT2D eigenvalue weighted by molar-refractivity contribution is 0.559. The van der Waals surface area contributed by atoms with Crippen LogP contribution in [0.25, 0.3) is 0 Å². The molecule has 4 heteroatoms. The van der Waals surface area contributed by atoms with Crippen molar-refractivity contribution in [2.24, 2.45) is 0 Å². The van der Waals surface area contributed by atoms with Gasteiger partial charge in [0.2, 0.25) is 10.0 Å². The van der Waals surface area contributed by atoms with Gasteiger partial charge in [0.15, 0.2) is 0 Å². The molecule has 0 rings (SSSR count). The van der Waals surface area contributed by atoms with Crippen LogP contribution in [0, 0.1) is 0 Å². The molecule has 0 unspecified atom stereocenters. The number of hydrogen-bond donors (Lipinski definition) is 0. The van der Waals surface area contributed by atoms with Crippen molar-refractivity contribution in [3.63, 3.8) is 0 Å². The molecule has 0 heterocycles. The number of hydrogen-bond acceptors (Lipinski definition) is 2. The van der Waals surface area contributed by atoms with Crippen molar-refractivity contribution in [2.75, 3.05) is 6.26 Å².